The third-order valence-corrected chi connectivity index (χ3v) is 15.3. The normalized spacial score (nSPS) is 18.8. The van der Waals surface area contributed by atoms with Crippen molar-refractivity contribution in [3.05, 3.63) is 60.8 Å². The van der Waals surface area contributed by atoms with Crippen molar-refractivity contribution in [3.63, 3.8) is 0 Å². The van der Waals surface area contributed by atoms with Crippen molar-refractivity contribution in [2.45, 2.75) is 339 Å². The van der Waals surface area contributed by atoms with Gasteiger partial charge in [0.1, 0.15) is 24.4 Å². The highest BCUT2D eigenvalue weighted by molar-refractivity contribution is 5.76. The molecule has 0 spiro atoms. The van der Waals surface area contributed by atoms with Crippen LogP contribution in [0.4, 0.5) is 0 Å². The maximum Gasteiger partial charge on any atom is 0.305 e. The zero-order valence-electron chi connectivity index (χ0n) is 50.8. The Bertz CT molecular complexity index is 1500. The number of rotatable bonds is 57. The number of ether oxygens (including phenoxy) is 3. The molecule has 7 unspecified atom stereocenters. The molecule has 1 heterocycles. The minimum absolute atomic E-state index is 0.0135. The van der Waals surface area contributed by atoms with Gasteiger partial charge in [0.25, 0.3) is 0 Å². The zero-order valence-corrected chi connectivity index (χ0v) is 50.8. The van der Waals surface area contributed by atoms with E-state index in [2.05, 4.69) is 67.8 Å². The first kappa shape index (κ1) is 74.4. The van der Waals surface area contributed by atoms with Crippen LogP contribution in [0, 0.1) is 0 Å². The molecule has 1 rings (SSSR count). The molecule has 79 heavy (non-hydrogen) atoms. The van der Waals surface area contributed by atoms with Gasteiger partial charge in [-0.15, -0.1) is 0 Å². The molecule has 1 fully saturated rings. The highest BCUT2D eigenvalue weighted by Gasteiger charge is 2.44. The molecule has 0 bridgehead atoms. The van der Waals surface area contributed by atoms with Gasteiger partial charge < -0.3 is 45.1 Å². The molecule has 1 saturated heterocycles. The van der Waals surface area contributed by atoms with Crippen molar-refractivity contribution in [1.29, 1.82) is 0 Å². The minimum atomic E-state index is -1.57. The van der Waals surface area contributed by atoms with Crippen molar-refractivity contribution in [1.82, 2.24) is 5.32 Å². The second-order valence-corrected chi connectivity index (χ2v) is 22.8. The first-order chi connectivity index (χ1) is 38.7. The number of nitrogens with one attached hydrogen (secondary N) is 1. The van der Waals surface area contributed by atoms with Gasteiger partial charge >= 0.3 is 5.97 Å². The topological polar surface area (TPSA) is 175 Å². The molecule has 11 nitrogen and oxygen atoms in total. The molecular formula is C68H123NO10. The van der Waals surface area contributed by atoms with Gasteiger partial charge in [0.2, 0.25) is 5.91 Å². The summed E-state index contributed by atoms with van der Waals surface area (Å²) in [4.78, 5) is 25.1. The fourth-order valence-electron chi connectivity index (χ4n) is 10.1. The summed E-state index contributed by atoms with van der Waals surface area (Å²) in [6, 6.07) is -0.812. The third-order valence-electron chi connectivity index (χ3n) is 15.3. The lowest BCUT2D eigenvalue weighted by atomic mass is 9.99. The van der Waals surface area contributed by atoms with E-state index >= 15 is 0 Å². The van der Waals surface area contributed by atoms with E-state index < -0.39 is 49.5 Å². The average Bonchev–Trinajstić information content (AvgIpc) is 3.47. The molecular weight excluding hydrogens is 991 g/mol. The van der Waals surface area contributed by atoms with Gasteiger partial charge in [0, 0.05) is 12.8 Å². The average molecular weight is 1110 g/mol. The van der Waals surface area contributed by atoms with E-state index in [9.17, 15) is 35.1 Å². The van der Waals surface area contributed by atoms with Crippen LogP contribution in [0.2, 0.25) is 0 Å². The number of allylic oxidation sites excluding steroid dienone is 9. The Labute approximate surface area is 484 Å². The van der Waals surface area contributed by atoms with Crippen molar-refractivity contribution >= 4 is 11.9 Å². The Hall–Kier alpha value is -2.64. The summed E-state index contributed by atoms with van der Waals surface area (Å²) in [5, 5.41) is 54.2. The largest absolute Gasteiger partial charge is 0.466 e. The molecule has 1 aliphatic rings. The summed E-state index contributed by atoms with van der Waals surface area (Å²) in [6.07, 6.45) is 64.9. The molecule has 7 atom stereocenters. The van der Waals surface area contributed by atoms with Crippen molar-refractivity contribution in [3.8, 4) is 0 Å². The van der Waals surface area contributed by atoms with Crippen LogP contribution >= 0.6 is 0 Å². The van der Waals surface area contributed by atoms with Crippen LogP contribution in [0.3, 0.4) is 0 Å². The highest BCUT2D eigenvalue weighted by atomic mass is 16.7. The molecule has 460 valence electrons. The number of amides is 1. The number of unbranched alkanes of at least 4 members (excludes halogenated alkanes) is 35. The van der Waals surface area contributed by atoms with E-state index in [0.29, 0.717) is 19.4 Å². The van der Waals surface area contributed by atoms with Gasteiger partial charge in [-0.25, -0.2) is 0 Å². The first-order valence-corrected chi connectivity index (χ1v) is 33.1. The zero-order chi connectivity index (χ0) is 57.3. The lowest BCUT2D eigenvalue weighted by Crippen LogP contribution is -2.60. The molecule has 6 N–H and O–H groups in total. The second kappa shape index (κ2) is 57.2. The number of carbonyl (C=O) groups excluding carboxylic acids is 2. The van der Waals surface area contributed by atoms with Gasteiger partial charge in [-0.2, -0.15) is 0 Å². The van der Waals surface area contributed by atoms with E-state index in [-0.39, 0.29) is 18.5 Å². The molecule has 0 aromatic carbocycles. The summed E-state index contributed by atoms with van der Waals surface area (Å²) in [7, 11) is 0. The highest BCUT2D eigenvalue weighted by Crippen LogP contribution is 2.23. The lowest BCUT2D eigenvalue weighted by molar-refractivity contribution is -0.302. The minimum Gasteiger partial charge on any atom is -0.466 e. The van der Waals surface area contributed by atoms with Gasteiger partial charge in [0.15, 0.2) is 6.29 Å². The number of hydrogen-bond donors (Lipinski definition) is 6. The quantitative estimate of drug-likeness (QED) is 0.0195. The summed E-state index contributed by atoms with van der Waals surface area (Å²) < 4.78 is 16.7. The number of aliphatic hydroxyl groups is 5. The predicted molar refractivity (Wildman–Crippen MR) is 329 cm³/mol. The molecule has 0 aromatic heterocycles. The van der Waals surface area contributed by atoms with Crippen LogP contribution in [-0.2, 0) is 23.8 Å². The monoisotopic (exact) mass is 1110 g/mol. The molecule has 11 heteroatoms. The standard InChI is InChI=1S/C68H123NO10/c1-3-5-7-9-11-13-14-15-29-33-36-40-44-48-52-56-64(73)77-57-53-49-45-41-37-34-31-28-26-24-22-20-18-16-17-19-21-23-25-27-30-32-35-39-43-47-51-55-63(72)69-60(61(71)54-50-46-42-38-12-10-8-6-4-2)59-78-68-67(76)66(75)65(74)62(58-70)79-68/h11,13,15-17,20,22,29,50,54,60-62,65-68,70-71,74-76H,3-10,12,14,18-19,21,23-28,30-49,51-53,55-59H2,1-2H3,(H,69,72)/b13-11-,17-16-,22-20-,29-15-,54-50+. The first-order valence-electron chi connectivity index (χ1n) is 33.1. The fourth-order valence-corrected chi connectivity index (χ4v) is 10.1. The third kappa shape index (κ3) is 46.5. The van der Waals surface area contributed by atoms with Crippen molar-refractivity contribution in [2.75, 3.05) is 19.8 Å². The number of hydrogen-bond acceptors (Lipinski definition) is 10. The Kier molecular flexibility index (Phi) is 53.8. The maximum atomic E-state index is 13.0. The van der Waals surface area contributed by atoms with Crippen LogP contribution in [-0.4, -0.2) is 100 Å². The van der Waals surface area contributed by atoms with Crippen LogP contribution in [0.15, 0.2) is 60.8 Å². The van der Waals surface area contributed by atoms with Crippen LogP contribution < -0.4 is 5.32 Å². The van der Waals surface area contributed by atoms with Gasteiger partial charge in [-0.3, -0.25) is 9.59 Å². The van der Waals surface area contributed by atoms with Crippen molar-refractivity contribution < 1.29 is 49.3 Å². The predicted octanol–water partition coefficient (Wildman–Crippen LogP) is 16.2. The van der Waals surface area contributed by atoms with E-state index in [0.717, 1.165) is 77.0 Å². The Balaban J connectivity index is 1.97. The van der Waals surface area contributed by atoms with Gasteiger partial charge in [-0.1, -0.05) is 248 Å². The van der Waals surface area contributed by atoms with Gasteiger partial charge in [-0.05, 0) is 96.3 Å². The molecule has 0 radical (unpaired) electrons. The molecule has 0 saturated carbocycles. The Morgan fingerprint density at radius 3 is 1.30 bits per heavy atom. The van der Waals surface area contributed by atoms with E-state index in [1.165, 1.54) is 193 Å². The molecule has 0 aromatic rings. The number of esters is 1. The lowest BCUT2D eigenvalue weighted by Gasteiger charge is -2.40. The maximum absolute atomic E-state index is 13.0. The van der Waals surface area contributed by atoms with Gasteiger partial charge in [0.05, 0.1) is 32.0 Å². The van der Waals surface area contributed by atoms with Crippen LogP contribution in [0.5, 0.6) is 0 Å². The SMILES string of the molecule is CCCCC/C=C\C/C=C\CCCCCCCC(=O)OCCCCCCCCCCC/C=C\C/C=C\CCCCCCCCCCCCCC(=O)NC(COC1OC(CO)C(O)C(O)C1O)C(O)/C=C/CCCCCCCCC. The Morgan fingerprint density at radius 1 is 0.468 bits per heavy atom. The molecule has 1 aliphatic heterocycles. The van der Waals surface area contributed by atoms with E-state index in [1.807, 2.05) is 6.08 Å². The Morgan fingerprint density at radius 2 is 0.848 bits per heavy atom. The summed E-state index contributed by atoms with van der Waals surface area (Å²) >= 11 is 0. The molecule has 1 amide bonds. The fraction of sp³-hybridized carbons (Fsp3) is 0.824. The number of aliphatic hydroxyl groups excluding tert-OH is 5. The smallest absolute Gasteiger partial charge is 0.305 e. The summed E-state index contributed by atoms with van der Waals surface area (Å²) in [5.74, 6) is -0.201. The number of carbonyl (C=O) groups is 2. The van der Waals surface area contributed by atoms with E-state index in [1.54, 1.807) is 6.08 Å². The second-order valence-electron chi connectivity index (χ2n) is 22.8. The van der Waals surface area contributed by atoms with E-state index in [4.69, 9.17) is 14.2 Å². The summed E-state index contributed by atoms with van der Waals surface area (Å²) in [5.41, 5.74) is 0. The molecule has 0 aliphatic carbocycles. The summed E-state index contributed by atoms with van der Waals surface area (Å²) in [6.45, 7) is 4.28. The van der Waals surface area contributed by atoms with Crippen LogP contribution in [0.1, 0.15) is 296 Å². The van der Waals surface area contributed by atoms with Crippen molar-refractivity contribution in [2.24, 2.45) is 0 Å². The van der Waals surface area contributed by atoms with Crippen LogP contribution in [0.25, 0.3) is 0 Å².